The van der Waals surface area contributed by atoms with Crippen LogP contribution < -0.4 is 4.90 Å². The molecule has 0 spiro atoms. The molecule has 0 saturated carbocycles. The minimum Gasteiger partial charge on any atom is -0.481 e. The highest BCUT2D eigenvalue weighted by molar-refractivity contribution is 6.33. The number of alkyl halides is 6. The van der Waals surface area contributed by atoms with Gasteiger partial charge in [-0.05, 0) is 24.5 Å². The first-order chi connectivity index (χ1) is 16.3. The number of carbonyl (C=O) groups is 2. The summed E-state index contributed by atoms with van der Waals surface area (Å²) in [6, 6.07) is 5.32. The number of hydrogen-bond donors (Lipinski definition) is 1. The molecule has 0 radical (unpaired) electrons. The summed E-state index contributed by atoms with van der Waals surface area (Å²) in [5.41, 5.74) is 1.61. The van der Waals surface area contributed by atoms with Crippen LogP contribution in [0.4, 0.5) is 36.8 Å². The van der Waals surface area contributed by atoms with Gasteiger partial charge < -0.3 is 19.6 Å². The third-order valence-electron chi connectivity index (χ3n) is 6.07. The Morgan fingerprint density at radius 2 is 1.57 bits per heavy atom. The summed E-state index contributed by atoms with van der Waals surface area (Å²) in [6.45, 7) is 1.57. The topological polar surface area (TPSA) is 73.3 Å². The molecule has 1 N–H and O–H groups in total. The SMILES string of the molecule is O=C(O)C1CCN(c2c(Cl)cccc2CN2CCN(C(=O)OC(C(F)(F)F)C(F)(F)F)CC2)CC1. The molecule has 1 aromatic carbocycles. The summed E-state index contributed by atoms with van der Waals surface area (Å²) in [6.07, 6.45) is -16.4. The van der Waals surface area contributed by atoms with Crippen molar-refractivity contribution in [3.63, 3.8) is 0 Å². The first kappa shape index (κ1) is 27.2. The summed E-state index contributed by atoms with van der Waals surface area (Å²) in [5, 5.41) is 9.70. The van der Waals surface area contributed by atoms with Gasteiger partial charge in [-0.3, -0.25) is 9.69 Å². The Morgan fingerprint density at radius 3 is 2.09 bits per heavy atom. The van der Waals surface area contributed by atoms with Gasteiger partial charge in [0.25, 0.3) is 6.10 Å². The third kappa shape index (κ3) is 6.84. The Morgan fingerprint density at radius 1 is 1.00 bits per heavy atom. The van der Waals surface area contributed by atoms with Crippen molar-refractivity contribution >= 4 is 29.4 Å². The molecule has 14 heteroatoms. The number of amides is 1. The Kier molecular flexibility index (Phi) is 8.30. The van der Waals surface area contributed by atoms with Gasteiger partial charge in [-0.25, -0.2) is 4.79 Å². The summed E-state index contributed by atoms with van der Waals surface area (Å²) < 4.78 is 79.8. The molecule has 0 aliphatic carbocycles. The molecule has 2 aliphatic rings. The number of anilines is 1. The predicted molar refractivity (Wildman–Crippen MR) is 113 cm³/mol. The molecule has 2 heterocycles. The number of ether oxygens (including phenoxy) is 1. The lowest BCUT2D eigenvalue weighted by atomic mass is 9.96. The molecular formula is C21H24ClF6N3O4. The zero-order valence-corrected chi connectivity index (χ0v) is 19.2. The molecule has 1 amide bonds. The largest absolute Gasteiger partial charge is 0.481 e. The van der Waals surface area contributed by atoms with E-state index in [0.717, 1.165) is 16.2 Å². The highest BCUT2D eigenvalue weighted by Crippen LogP contribution is 2.36. The standard InChI is InChI=1S/C21H24ClF6N3O4/c22-15-3-1-2-14(16(15)30-6-4-13(5-7-30)17(32)33)12-29-8-10-31(11-9-29)19(34)35-18(20(23,24)25)21(26,27)28/h1-3,13,18H,4-12H2,(H,32,33). The fourth-order valence-electron chi connectivity index (χ4n) is 4.22. The third-order valence-corrected chi connectivity index (χ3v) is 6.37. The van der Waals surface area contributed by atoms with Crippen molar-refractivity contribution in [3.05, 3.63) is 28.8 Å². The number of hydrogen-bond acceptors (Lipinski definition) is 5. The van der Waals surface area contributed by atoms with Gasteiger partial charge in [0.1, 0.15) is 0 Å². The smallest absolute Gasteiger partial charge is 0.434 e. The molecule has 35 heavy (non-hydrogen) atoms. The van der Waals surface area contributed by atoms with Crippen molar-refractivity contribution in [3.8, 4) is 0 Å². The minimum atomic E-state index is -5.77. The molecular weight excluding hydrogens is 508 g/mol. The lowest BCUT2D eigenvalue weighted by Crippen LogP contribution is -2.52. The molecule has 0 unspecified atom stereocenters. The van der Waals surface area contributed by atoms with E-state index < -0.39 is 36.4 Å². The van der Waals surface area contributed by atoms with Crippen molar-refractivity contribution in [2.24, 2.45) is 5.92 Å². The molecule has 2 aliphatic heterocycles. The van der Waals surface area contributed by atoms with Crippen LogP contribution in [0.3, 0.4) is 0 Å². The highest BCUT2D eigenvalue weighted by atomic mass is 35.5. The van der Waals surface area contributed by atoms with E-state index in [2.05, 4.69) is 4.74 Å². The van der Waals surface area contributed by atoms with E-state index in [1.807, 2.05) is 15.9 Å². The van der Waals surface area contributed by atoms with E-state index in [9.17, 15) is 41.0 Å². The molecule has 0 aromatic heterocycles. The maximum absolute atomic E-state index is 12.7. The van der Waals surface area contributed by atoms with Crippen LogP contribution in [0.5, 0.6) is 0 Å². The lowest BCUT2D eigenvalue weighted by Gasteiger charge is -2.37. The van der Waals surface area contributed by atoms with Crippen molar-refractivity contribution in [2.45, 2.75) is 37.8 Å². The van der Waals surface area contributed by atoms with Crippen LogP contribution in [0, 0.1) is 5.92 Å². The van der Waals surface area contributed by atoms with E-state index in [1.54, 1.807) is 12.1 Å². The number of aliphatic carboxylic acids is 1. The van der Waals surface area contributed by atoms with Gasteiger partial charge in [0.05, 0.1) is 16.6 Å². The number of carbonyl (C=O) groups excluding carboxylic acids is 1. The maximum Gasteiger partial charge on any atom is 0.434 e. The number of piperazine rings is 1. The number of para-hydroxylation sites is 1. The zero-order chi connectivity index (χ0) is 26.0. The van der Waals surface area contributed by atoms with Crippen LogP contribution >= 0.6 is 11.6 Å². The molecule has 0 bridgehead atoms. The van der Waals surface area contributed by atoms with Crippen LogP contribution in [0.2, 0.25) is 5.02 Å². The Hall–Kier alpha value is -2.41. The minimum absolute atomic E-state index is 0.110. The summed E-state index contributed by atoms with van der Waals surface area (Å²) in [5.74, 6) is -1.25. The van der Waals surface area contributed by atoms with E-state index in [-0.39, 0.29) is 26.2 Å². The van der Waals surface area contributed by atoms with E-state index in [1.165, 1.54) is 0 Å². The van der Waals surface area contributed by atoms with Crippen LogP contribution in [0.25, 0.3) is 0 Å². The molecule has 196 valence electrons. The molecule has 3 rings (SSSR count). The average molecular weight is 532 g/mol. The second kappa shape index (κ2) is 10.7. The first-order valence-electron chi connectivity index (χ1n) is 10.8. The fraction of sp³-hybridized carbons (Fsp3) is 0.619. The molecule has 2 saturated heterocycles. The number of carboxylic acid groups (broad SMARTS) is 1. The molecule has 1 aromatic rings. The maximum atomic E-state index is 12.7. The van der Waals surface area contributed by atoms with Crippen molar-refractivity contribution < 1.29 is 45.8 Å². The van der Waals surface area contributed by atoms with Gasteiger partial charge in [-0.2, -0.15) is 26.3 Å². The second-order valence-electron chi connectivity index (χ2n) is 8.46. The van der Waals surface area contributed by atoms with E-state index in [0.29, 0.717) is 37.5 Å². The highest BCUT2D eigenvalue weighted by Gasteiger charge is 2.60. The fourth-order valence-corrected chi connectivity index (χ4v) is 4.53. The Balaban J connectivity index is 1.60. The van der Waals surface area contributed by atoms with E-state index in [4.69, 9.17) is 11.6 Å². The first-order valence-corrected chi connectivity index (χ1v) is 11.2. The van der Waals surface area contributed by atoms with Crippen LogP contribution in [-0.4, -0.2) is 84.7 Å². The van der Waals surface area contributed by atoms with Gasteiger partial charge in [0, 0.05) is 45.8 Å². The Bertz CT molecular complexity index is 899. The van der Waals surface area contributed by atoms with Gasteiger partial charge >= 0.3 is 24.4 Å². The number of carboxylic acids is 1. The van der Waals surface area contributed by atoms with Crippen molar-refractivity contribution in [1.29, 1.82) is 0 Å². The number of piperidine rings is 1. The zero-order valence-electron chi connectivity index (χ0n) is 18.4. The lowest BCUT2D eigenvalue weighted by molar-refractivity contribution is -0.308. The molecule has 0 atom stereocenters. The number of halogens is 7. The van der Waals surface area contributed by atoms with Gasteiger partial charge in [-0.1, -0.05) is 23.7 Å². The van der Waals surface area contributed by atoms with Crippen LogP contribution in [0.1, 0.15) is 18.4 Å². The van der Waals surface area contributed by atoms with Crippen molar-refractivity contribution in [2.75, 3.05) is 44.2 Å². The summed E-state index contributed by atoms with van der Waals surface area (Å²) >= 11 is 6.44. The quantitative estimate of drug-likeness (QED) is 0.568. The molecule has 7 nitrogen and oxygen atoms in total. The molecule has 2 fully saturated rings. The monoisotopic (exact) mass is 531 g/mol. The average Bonchev–Trinajstić information content (AvgIpc) is 2.76. The number of rotatable bonds is 5. The predicted octanol–water partition coefficient (Wildman–Crippen LogP) is 4.39. The van der Waals surface area contributed by atoms with Gasteiger partial charge in [-0.15, -0.1) is 0 Å². The van der Waals surface area contributed by atoms with E-state index >= 15 is 0 Å². The Labute approximate surface area is 202 Å². The van der Waals surface area contributed by atoms with Crippen LogP contribution in [0.15, 0.2) is 18.2 Å². The second-order valence-corrected chi connectivity index (χ2v) is 8.86. The van der Waals surface area contributed by atoms with Crippen LogP contribution in [-0.2, 0) is 16.1 Å². The van der Waals surface area contributed by atoms with Crippen molar-refractivity contribution in [1.82, 2.24) is 9.80 Å². The normalized spacial score (nSPS) is 18.7. The number of nitrogens with zero attached hydrogens (tertiary/aromatic N) is 3. The van der Waals surface area contributed by atoms with Gasteiger partial charge in [0.2, 0.25) is 0 Å². The number of benzene rings is 1. The summed E-state index contributed by atoms with van der Waals surface area (Å²) in [4.78, 5) is 27.9. The van der Waals surface area contributed by atoms with Gasteiger partial charge in [0.15, 0.2) is 0 Å². The summed E-state index contributed by atoms with van der Waals surface area (Å²) in [7, 11) is 0.